The molecule has 2 heterocycles. The van der Waals surface area contributed by atoms with Crippen molar-refractivity contribution in [3.63, 3.8) is 0 Å². The number of fused-ring (bicyclic) bond motifs is 6. The molecule has 4 heteroatoms. The molecule has 0 spiro atoms. The van der Waals surface area contributed by atoms with Gasteiger partial charge in [0.25, 0.3) is 0 Å². The average molecular weight is 546 g/mol. The first-order chi connectivity index (χ1) is 20.1. The highest BCUT2D eigenvalue weighted by atomic mass is 35.5. The van der Waals surface area contributed by atoms with Crippen molar-refractivity contribution in [1.82, 2.24) is 14.5 Å². The van der Waals surface area contributed by atoms with Gasteiger partial charge in [-0.15, -0.1) is 0 Å². The average Bonchev–Trinajstić information content (AvgIpc) is 3.35. The van der Waals surface area contributed by atoms with Crippen molar-refractivity contribution in [2.24, 2.45) is 0 Å². The molecule has 0 saturated carbocycles. The van der Waals surface area contributed by atoms with Crippen LogP contribution in [0.5, 0.6) is 0 Å². The number of hydrogen-bond acceptors (Lipinski definition) is 2. The van der Waals surface area contributed by atoms with Crippen LogP contribution in [-0.2, 0) is 0 Å². The molecule has 0 unspecified atom stereocenters. The molecule has 0 aliphatic rings. The van der Waals surface area contributed by atoms with Gasteiger partial charge in [-0.25, -0.2) is 9.97 Å². The highest BCUT2D eigenvalue weighted by Gasteiger charge is 2.19. The summed E-state index contributed by atoms with van der Waals surface area (Å²) in [5.41, 5.74) is 8.49. The van der Waals surface area contributed by atoms with Crippen molar-refractivity contribution in [3.8, 4) is 28.3 Å². The second-order valence-electron chi connectivity index (χ2n) is 10.5. The number of hydrogen-bond donors (Lipinski definition) is 0. The van der Waals surface area contributed by atoms with E-state index in [0.29, 0.717) is 11.0 Å². The topological polar surface area (TPSA) is 30.7 Å². The van der Waals surface area contributed by atoms with E-state index in [1.807, 2.05) is 24.3 Å². The van der Waals surface area contributed by atoms with Gasteiger partial charge in [0.2, 0.25) is 5.95 Å². The summed E-state index contributed by atoms with van der Waals surface area (Å²) in [5, 5.41) is 6.37. The van der Waals surface area contributed by atoms with Gasteiger partial charge >= 0.3 is 0 Å². The Morgan fingerprint density at radius 1 is 0.561 bits per heavy atom. The minimum absolute atomic E-state index is 0.637. The maximum absolute atomic E-state index is 6.56. The summed E-state index contributed by atoms with van der Waals surface area (Å²) in [6.07, 6.45) is 0. The van der Waals surface area contributed by atoms with E-state index in [2.05, 4.69) is 115 Å². The molecule has 8 rings (SSSR count). The molecule has 0 atom stereocenters. The van der Waals surface area contributed by atoms with Gasteiger partial charge in [0.15, 0.2) is 0 Å². The van der Waals surface area contributed by atoms with Crippen LogP contribution in [0.3, 0.4) is 0 Å². The number of aryl methyl sites for hydroxylation is 1. The molecule has 6 aromatic carbocycles. The third-order valence-corrected chi connectivity index (χ3v) is 8.13. The second kappa shape index (κ2) is 9.29. The summed E-state index contributed by atoms with van der Waals surface area (Å²) in [5.74, 6) is 0.637. The summed E-state index contributed by atoms with van der Waals surface area (Å²) < 4.78 is 2.18. The van der Waals surface area contributed by atoms with Gasteiger partial charge in [0, 0.05) is 26.7 Å². The van der Waals surface area contributed by atoms with Crippen LogP contribution in [0.1, 0.15) is 5.56 Å². The van der Waals surface area contributed by atoms with Crippen LogP contribution in [-0.4, -0.2) is 14.5 Å². The molecule has 194 valence electrons. The van der Waals surface area contributed by atoms with Gasteiger partial charge < -0.3 is 0 Å². The number of para-hydroxylation sites is 1. The van der Waals surface area contributed by atoms with E-state index >= 15 is 0 Å². The van der Waals surface area contributed by atoms with Crippen molar-refractivity contribution < 1.29 is 0 Å². The summed E-state index contributed by atoms with van der Waals surface area (Å²) >= 11 is 6.56. The van der Waals surface area contributed by atoms with Crippen molar-refractivity contribution in [1.29, 1.82) is 0 Å². The third-order valence-electron chi connectivity index (χ3n) is 7.90. The predicted molar refractivity (Wildman–Crippen MR) is 172 cm³/mol. The Morgan fingerprint density at radius 2 is 1.32 bits per heavy atom. The van der Waals surface area contributed by atoms with Crippen LogP contribution in [0.2, 0.25) is 5.02 Å². The number of halogens is 1. The Bertz CT molecular complexity index is 2280. The first-order valence-corrected chi connectivity index (χ1v) is 14.1. The van der Waals surface area contributed by atoms with Crippen molar-refractivity contribution >= 4 is 55.1 Å². The minimum Gasteiger partial charge on any atom is -0.278 e. The van der Waals surface area contributed by atoms with Crippen LogP contribution in [0.25, 0.3) is 71.8 Å². The maximum atomic E-state index is 6.56. The quantitative estimate of drug-likeness (QED) is 0.221. The van der Waals surface area contributed by atoms with E-state index in [1.54, 1.807) is 0 Å². The Morgan fingerprint density at radius 3 is 2.22 bits per heavy atom. The summed E-state index contributed by atoms with van der Waals surface area (Å²) in [6, 6.07) is 44.3. The van der Waals surface area contributed by atoms with Gasteiger partial charge in [-0.2, -0.15) is 0 Å². The first-order valence-electron chi connectivity index (χ1n) is 13.7. The molecule has 0 radical (unpaired) electrons. The smallest absolute Gasteiger partial charge is 0.235 e. The molecule has 3 nitrogen and oxygen atoms in total. The molecule has 0 fully saturated rings. The predicted octanol–water partition coefficient (Wildman–Crippen LogP) is 10.2. The van der Waals surface area contributed by atoms with Crippen molar-refractivity contribution in [2.75, 3.05) is 0 Å². The van der Waals surface area contributed by atoms with E-state index in [1.165, 1.54) is 21.9 Å². The standard InChI is InChI=1S/C37H24ClN3/c1-23-14-15-25-16-18-34-35(30(25)20-23)31-22-28(38)17-19-33(31)41(34)37-39-32-13-6-5-12-29(32)36(40-37)27-11-7-10-26(21-27)24-8-3-2-4-9-24/h2-22H,1H3. The van der Waals surface area contributed by atoms with Gasteiger partial charge in [0.1, 0.15) is 0 Å². The highest BCUT2D eigenvalue weighted by molar-refractivity contribution is 6.32. The van der Waals surface area contributed by atoms with Gasteiger partial charge in [-0.3, -0.25) is 4.57 Å². The van der Waals surface area contributed by atoms with Crippen LogP contribution in [0.4, 0.5) is 0 Å². The summed E-state index contributed by atoms with van der Waals surface area (Å²) in [4.78, 5) is 10.4. The van der Waals surface area contributed by atoms with E-state index in [0.717, 1.165) is 49.5 Å². The van der Waals surface area contributed by atoms with Crippen LogP contribution in [0.15, 0.2) is 127 Å². The number of nitrogens with zero attached hydrogens (tertiary/aromatic N) is 3. The van der Waals surface area contributed by atoms with E-state index < -0.39 is 0 Å². The zero-order valence-corrected chi connectivity index (χ0v) is 23.1. The fourth-order valence-corrected chi connectivity index (χ4v) is 6.17. The molecule has 0 amide bonds. The lowest BCUT2D eigenvalue weighted by atomic mass is 10.00. The molecule has 0 N–H and O–H groups in total. The first kappa shape index (κ1) is 23.9. The van der Waals surface area contributed by atoms with Crippen LogP contribution >= 0.6 is 11.6 Å². The summed E-state index contributed by atoms with van der Waals surface area (Å²) in [6.45, 7) is 2.13. The van der Waals surface area contributed by atoms with Crippen molar-refractivity contribution in [2.45, 2.75) is 6.92 Å². The van der Waals surface area contributed by atoms with Gasteiger partial charge in [-0.05, 0) is 65.2 Å². The van der Waals surface area contributed by atoms with E-state index in [-0.39, 0.29) is 0 Å². The second-order valence-corrected chi connectivity index (χ2v) is 11.0. The number of benzene rings is 6. The molecular formula is C37H24ClN3. The Labute approximate surface area is 242 Å². The van der Waals surface area contributed by atoms with Crippen LogP contribution < -0.4 is 0 Å². The molecule has 8 aromatic rings. The van der Waals surface area contributed by atoms with Gasteiger partial charge in [0.05, 0.1) is 22.2 Å². The van der Waals surface area contributed by atoms with Gasteiger partial charge in [-0.1, -0.05) is 108 Å². The fraction of sp³-hybridized carbons (Fsp3) is 0.0270. The third kappa shape index (κ3) is 3.89. The lowest BCUT2D eigenvalue weighted by Gasteiger charge is -2.13. The molecule has 0 bridgehead atoms. The fourth-order valence-electron chi connectivity index (χ4n) is 6.00. The maximum Gasteiger partial charge on any atom is 0.235 e. The zero-order valence-electron chi connectivity index (χ0n) is 22.3. The molecular weight excluding hydrogens is 522 g/mol. The SMILES string of the molecule is Cc1ccc2ccc3c(c2c1)c1cc(Cl)ccc1n3-c1nc(-c2cccc(-c3ccccc3)c2)c2ccccc2n1. The largest absolute Gasteiger partial charge is 0.278 e. The monoisotopic (exact) mass is 545 g/mol. The Kier molecular flexibility index (Phi) is 5.41. The van der Waals surface area contributed by atoms with Crippen molar-refractivity contribution in [3.05, 3.63) is 138 Å². The minimum atomic E-state index is 0.637. The van der Waals surface area contributed by atoms with Crippen LogP contribution in [0, 0.1) is 6.92 Å². The Balaban J connectivity index is 1.45. The highest BCUT2D eigenvalue weighted by Crippen LogP contribution is 2.39. The molecule has 2 aromatic heterocycles. The van der Waals surface area contributed by atoms with E-state index in [4.69, 9.17) is 21.6 Å². The lowest BCUT2D eigenvalue weighted by Crippen LogP contribution is -2.03. The lowest BCUT2D eigenvalue weighted by molar-refractivity contribution is 1.01. The molecule has 0 saturated heterocycles. The summed E-state index contributed by atoms with van der Waals surface area (Å²) in [7, 11) is 0. The number of aromatic nitrogens is 3. The zero-order chi connectivity index (χ0) is 27.5. The molecule has 0 aliphatic carbocycles. The number of rotatable bonds is 3. The Hall–Kier alpha value is -4.99. The normalized spacial score (nSPS) is 11.7. The molecule has 41 heavy (non-hydrogen) atoms. The molecule has 0 aliphatic heterocycles. The van der Waals surface area contributed by atoms with E-state index in [9.17, 15) is 0 Å².